The maximum Gasteiger partial charge on any atom is 0.335 e. The maximum absolute atomic E-state index is 13.5. The van der Waals surface area contributed by atoms with Gasteiger partial charge in [-0.3, -0.25) is 24.0 Å². The molecule has 14 heteroatoms. The number of nitrogens with one attached hydrogen (secondary N) is 1. The second kappa shape index (κ2) is 20.7. The highest BCUT2D eigenvalue weighted by Gasteiger charge is 2.60. The minimum absolute atomic E-state index is 0.0296. The Balaban J connectivity index is 0.000000208. The van der Waals surface area contributed by atoms with Gasteiger partial charge in [0.25, 0.3) is 11.9 Å². The van der Waals surface area contributed by atoms with Crippen molar-refractivity contribution in [1.82, 2.24) is 5.32 Å². The minimum Gasteiger partial charge on any atom is -0.481 e. The largest absolute Gasteiger partial charge is 0.481 e. The van der Waals surface area contributed by atoms with Crippen LogP contribution in [0.1, 0.15) is 105 Å². The molecule has 5 N–H and O–H groups in total. The van der Waals surface area contributed by atoms with Crippen LogP contribution in [0.3, 0.4) is 0 Å². The second-order valence-electron chi connectivity index (χ2n) is 16.1. The van der Waals surface area contributed by atoms with E-state index < -0.39 is 47.0 Å². The number of aromatic carboxylic acids is 1. The van der Waals surface area contributed by atoms with Crippen molar-refractivity contribution in [2.75, 3.05) is 6.61 Å². The molecule has 3 aliphatic carbocycles. The molecule has 1 saturated heterocycles. The molecule has 3 aromatic carbocycles. The molecule has 3 fully saturated rings. The number of carbonyl (C=O) groups excluding carboxylic acids is 3. The summed E-state index contributed by atoms with van der Waals surface area (Å²) in [6.45, 7) is 9.14. The van der Waals surface area contributed by atoms with E-state index in [1.807, 2.05) is 26.8 Å². The van der Waals surface area contributed by atoms with Crippen LogP contribution < -0.4 is 5.32 Å². The highest BCUT2D eigenvalue weighted by molar-refractivity contribution is 6.30. The van der Waals surface area contributed by atoms with Crippen LogP contribution in [0.2, 0.25) is 5.02 Å². The molecule has 1 amide bonds. The summed E-state index contributed by atoms with van der Waals surface area (Å²) >= 11 is 5.78. The van der Waals surface area contributed by atoms with Gasteiger partial charge < -0.3 is 35.2 Å². The standard InChI is InChI=1S/C21H30O5.C16H14ClNO3.C7H6O2.C2H4O2/c1-11-7-8-21(24)9-14-13(5-6-16-15(14)10-25-16)18(23)19(26-12(2)22)17(11)20(21,3)4;17-13-8-6-12(7-9-13)16(21)18-14(10-15(19)20)11-4-2-1-3-5-11;8-7(9)6-4-2-1-3-5-6;1-2(3)4/h13-16,19,24H,5-10H2,1-4H3;1-9,14H,10H2,(H,18,21)(H,19,20);1-5H,(H,8,9);1H3,(H,3,4)/t13-,14?,15?,16+,19+,21+;14-;;/m01../s1. The number of hydrogen-bond donors (Lipinski definition) is 5. The summed E-state index contributed by atoms with van der Waals surface area (Å²) in [5.41, 5.74) is 1.94. The summed E-state index contributed by atoms with van der Waals surface area (Å²) < 4.78 is 11.3. The van der Waals surface area contributed by atoms with Crippen LogP contribution in [0.25, 0.3) is 0 Å². The third-order valence-corrected chi connectivity index (χ3v) is 12.0. The molecule has 7 atom stereocenters. The molecule has 4 aliphatic rings. The van der Waals surface area contributed by atoms with Crippen LogP contribution in [-0.2, 0) is 28.7 Å². The third-order valence-electron chi connectivity index (χ3n) is 11.8. The first-order valence-corrected chi connectivity index (χ1v) is 20.2. The van der Waals surface area contributed by atoms with E-state index >= 15 is 0 Å². The Morgan fingerprint density at radius 2 is 1.45 bits per heavy atom. The number of carboxylic acid groups (broad SMARTS) is 3. The highest BCUT2D eigenvalue weighted by Crippen LogP contribution is 2.58. The fourth-order valence-corrected chi connectivity index (χ4v) is 8.75. The number of amides is 1. The van der Waals surface area contributed by atoms with Crippen LogP contribution in [0, 0.1) is 23.2 Å². The SMILES string of the molecule is CC(=O)O.CC(=O)O[C@H]1C(=O)[C@H]2CC[C@H]3OCC3C2C[C@]2(O)CCC(C)=C1C2(C)C.O=C(O)C[C@@H](NC(=O)c1ccc(Cl)cc1)c1ccccc1.O=C(O)c1ccccc1. The number of allylic oxidation sites excluding steroid dienone is 1. The number of aliphatic hydroxyl groups is 1. The number of ether oxygens (including phenoxy) is 2. The number of carbonyl (C=O) groups is 6. The van der Waals surface area contributed by atoms with E-state index in [0.29, 0.717) is 41.5 Å². The molecule has 0 radical (unpaired) electrons. The molecule has 3 aromatic rings. The van der Waals surface area contributed by atoms with Gasteiger partial charge in [0.15, 0.2) is 11.9 Å². The lowest BCUT2D eigenvalue weighted by molar-refractivity contribution is -0.201. The van der Waals surface area contributed by atoms with Crippen molar-refractivity contribution >= 4 is 47.2 Å². The topological polar surface area (TPSA) is 214 Å². The number of benzene rings is 3. The maximum atomic E-state index is 13.5. The lowest BCUT2D eigenvalue weighted by Crippen LogP contribution is -2.61. The van der Waals surface area contributed by atoms with Gasteiger partial charge in [0.05, 0.1) is 36.3 Å². The quantitative estimate of drug-likeness (QED) is 0.115. The van der Waals surface area contributed by atoms with Crippen LogP contribution in [0.4, 0.5) is 0 Å². The summed E-state index contributed by atoms with van der Waals surface area (Å²) in [4.78, 5) is 67.7. The molecule has 7 rings (SSSR count). The van der Waals surface area contributed by atoms with Gasteiger partial charge in [0.2, 0.25) is 0 Å². The zero-order valence-corrected chi connectivity index (χ0v) is 35.2. The molecular weight excluding hydrogens is 794 g/mol. The van der Waals surface area contributed by atoms with E-state index in [9.17, 15) is 29.1 Å². The van der Waals surface area contributed by atoms with Crippen LogP contribution >= 0.6 is 11.6 Å². The zero-order chi connectivity index (χ0) is 44.4. The smallest absolute Gasteiger partial charge is 0.335 e. The first kappa shape index (κ1) is 47.3. The summed E-state index contributed by atoms with van der Waals surface area (Å²) in [7, 11) is 0. The molecule has 2 bridgehead atoms. The molecular formula is C46H54ClNO12. The number of aliphatic carboxylic acids is 2. The molecule has 1 heterocycles. The van der Waals surface area contributed by atoms with Crippen LogP contribution in [-0.4, -0.2) is 80.4 Å². The summed E-state index contributed by atoms with van der Waals surface area (Å²) in [6, 6.07) is 23.2. The summed E-state index contributed by atoms with van der Waals surface area (Å²) in [6.07, 6.45) is 2.88. The van der Waals surface area contributed by atoms with Crippen molar-refractivity contribution in [3.63, 3.8) is 0 Å². The van der Waals surface area contributed by atoms with Crippen molar-refractivity contribution in [3.8, 4) is 0 Å². The van der Waals surface area contributed by atoms with Crippen molar-refractivity contribution < 1.29 is 58.7 Å². The van der Waals surface area contributed by atoms with Gasteiger partial charge in [0.1, 0.15) is 0 Å². The third kappa shape index (κ3) is 11.9. The van der Waals surface area contributed by atoms with Crippen LogP contribution in [0.5, 0.6) is 0 Å². The first-order chi connectivity index (χ1) is 28.2. The second-order valence-corrected chi connectivity index (χ2v) is 16.5. The van der Waals surface area contributed by atoms with Crippen molar-refractivity contribution in [2.45, 2.75) is 97.0 Å². The zero-order valence-electron chi connectivity index (χ0n) is 34.4. The number of rotatable bonds is 7. The van der Waals surface area contributed by atoms with Gasteiger partial charge in [0, 0.05) is 41.7 Å². The van der Waals surface area contributed by atoms with Gasteiger partial charge in [-0.25, -0.2) is 4.79 Å². The van der Waals surface area contributed by atoms with Gasteiger partial charge in [-0.05, 0) is 92.5 Å². The molecule has 0 spiro atoms. The lowest BCUT2D eigenvalue weighted by atomic mass is 9.52. The Morgan fingerprint density at radius 3 is 1.95 bits per heavy atom. The van der Waals surface area contributed by atoms with Gasteiger partial charge >= 0.3 is 17.9 Å². The predicted molar refractivity (Wildman–Crippen MR) is 222 cm³/mol. The number of hydrogen-bond acceptors (Lipinski definition) is 9. The molecule has 2 saturated carbocycles. The summed E-state index contributed by atoms with van der Waals surface area (Å²) in [5, 5.41) is 39.8. The van der Waals surface area contributed by atoms with Crippen molar-refractivity contribution in [1.29, 1.82) is 0 Å². The van der Waals surface area contributed by atoms with Gasteiger partial charge in [-0.2, -0.15) is 0 Å². The average Bonchev–Trinajstić information content (AvgIpc) is 3.17. The number of esters is 1. The molecule has 322 valence electrons. The molecule has 60 heavy (non-hydrogen) atoms. The van der Waals surface area contributed by atoms with E-state index in [2.05, 4.69) is 5.32 Å². The molecule has 2 unspecified atom stereocenters. The Labute approximate surface area is 354 Å². The number of halogens is 1. The summed E-state index contributed by atoms with van der Waals surface area (Å²) in [5.74, 6) is -3.14. The van der Waals surface area contributed by atoms with E-state index in [1.54, 1.807) is 78.9 Å². The number of fused-ring (bicyclic) bond motifs is 5. The number of carboxylic acids is 3. The Bertz CT molecular complexity index is 2030. The highest BCUT2D eigenvalue weighted by atomic mass is 35.5. The van der Waals surface area contributed by atoms with E-state index in [4.69, 9.17) is 41.2 Å². The number of Topliss-reactive ketones (excluding diaryl/α,β-unsaturated/α-hetero) is 1. The Morgan fingerprint density at radius 1 is 0.867 bits per heavy atom. The van der Waals surface area contributed by atoms with E-state index in [0.717, 1.165) is 42.9 Å². The normalized spacial score (nSPS) is 25.0. The molecule has 13 nitrogen and oxygen atoms in total. The first-order valence-electron chi connectivity index (χ1n) is 19.8. The van der Waals surface area contributed by atoms with Crippen LogP contribution in [0.15, 0.2) is 96.1 Å². The minimum atomic E-state index is -0.972. The molecule has 0 aromatic heterocycles. The van der Waals surface area contributed by atoms with Gasteiger partial charge in [-0.1, -0.05) is 79.6 Å². The fraction of sp³-hybridized carbons (Fsp3) is 0.435. The van der Waals surface area contributed by atoms with Crippen molar-refractivity contribution in [2.24, 2.45) is 23.2 Å². The average molecular weight is 848 g/mol. The van der Waals surface area contributed by atoms with E-state index in [-0.39, 0.29) is 36.1 Å². The predicted octanol–water partition coefficient (Wildman–Crippen LogP) is 7.56. The van der Waals surface area contributed by atoms with E-state index in [1.165, 1.54) is 6.92 Å². The number of ketones is 1. The van der Waals surface area contributed by atoms with Crippen molar-refractivity contribution in [3.05, 3.63) is 118 Å². The Kier molecular flexibility index (Phi) is 16.4. The monoisotopic (exact) mass is 847 g/mol. The lowest BCUT2D eigenvalue weighted by Gasteiger charge is -2.57. The fourth-order valence-electron chi connectivity index (χ4n) is 8.62. The van der Waals surface area contributed by atoms with Gasteiger partial charge in [-0.15, -0.1) is 0 Å². The molecule has 1 aliphatic heterocycles. The Hall–Kier alpha value is -5.37.